The molecule has 0 fully saturated rings. The Hall–Kier alpha value is -2.71. The van der Waals surface area contributed by atoms with Gasteiger partial charge in [-0.3, -0.25) is 15.1 Å². The molecule has 1 aromatic heterocycles. The van der Waals surface area contributed by atoms with E-state index >= 15 is 0 Å². The molecule has 2 aromatic carbocycles. The molecule has 0 spiro atoms. The minimum atomic E-state index is -0.401. The molecule has 0 bridgehead atoms. The van der Waals surface area contributed by atoms with Gasteiger partial charge in [-0.05, 0) is 49.9 Å². The van der Waals surface area contributed by atoms with Crippen LogP contribution in [-0.4, -0.2) is 28.1 Å². The summed E-state index contributed by atoms with van der Waals surface area (Å²) in [6, 6.07) is 14.8. The Morgan fingerprint density at radius 1 is 1.14 bits per heavy atom. The number of rotatable bonds is 6. The number of thioether (sulfide) groups is 1. The third-order valence-electron chi connectivity index (χ3n) is 3.87. The van der Waals surface area contributed by atoms with Crippen molar-refractivity contribution in [2.75, 3.05) is 6.26 Å². The summed E-state index contributed by atoms with van der Waals surface area (Å²) in [7, 11) is 0. The second kappa shape index (κ2) is 8.99. The first-order valence-electron chi connectivity index (χ1n) is 8.65. The van der Waals surface area contributed by atoms with Crippen LogP contribution in [0.1, 0.15) is 19.4 Å². The van der Waals surface area contributed by atoms with Crippen molar-refractivity contribution in [3.63, 3.8) is 0 Å². The molecule has 3 rings (SSSR count). The topological polar surface area (TPSA) is 72.8 Å². The lowest BCUT2D eigenvalue weighted by Gasteiger charge is -2.04. The molecule has 0 aliphatic rings. The first-order valence-corrected chi connectivity index (χ1v) is 10.8. The predicted octanol–water partition coefficient (Wildman–Crippen LogP) is 5.04. The first kappa shape index (κ1) is 20.0. The van der Waals surface area contributed by atoms with Crippen molar-refractivity contribution in [1.82, 2.24) is 4.68 Å². The van der Waals surface area contributed by atoms with E-state index < -0.39 is 4.92 Å². The quantitative estimate of drug-likeness (QED) is 0.246. The van der Waals surface area contributed by atoms with E-state index in [1.165, 1.54) is 28.4 Å². The van der Waals surface area contributed by atoms with Gasteiger partial charge in [0, 0.05) is 34.0 Å². The van der Waals surface area contributed by atoms with Crippen LogP contribution < -0.4 is 4.80 Å². The standard InChI is InChI=1S/C20H20N4O2S2/c1-14(2)22-20-23(21-12-15-4-10-18(27-3)11-5-15)19(13-28-20)16-6-8-17(9-7-16)24(25)26/h4-14H,1-3H3. The lowest BCUT2D eigenvalue weighted by molar-refractivity contribution is -0.384. The zero-order valence-electron chi connectivity index (χ0n) is 15.8. The average molecular weight is 413 g/mol. The van der Waals surface area contributed by atoms with Gasteiger partial charge in [0.05, 0.1) is 16.8 Å². The second-order valence-electron chi connectivity index (χ2n) is 6.26. The molecule has 1 heterocycles. The van der Waals surface area contributed by atoms with Gasteiger partial charge in [-0.15, -0.1) is 23.1 Å². The summed E-state index contributed by atoms with van der Waals surface area (Å²) in [6.07, 6.45) is 3.84. The van der Waals surface area contributed by atoms with Gasteiger partial charge in [0.2, 0.25) is 4.80 Å². The lowest BCUT2D eigenvalue weighted by atomic mass is 10.1. The zero-order chi connectivity index (χ0) is 20.1. The molecule has 0 aliphatic carbocycles. The highest BCUT2D eigenvalue weighted by atomic mass is 32.2. The van der Waals surface area contributed by atoms with Crippen LogP contribution in [0, 0.1) is 10.1 Å². The summed E-state index contributed by atoms with van der Waals surface area (Å²) in [4.78, 5) is 17.1. The first-order chi connectivity index (χ1) is 13.5. The summed E-state index contributed by atoms with van der Waals surface area (Å²) < 4.78 is 1.79. The fourth-order valence-corrected chi connectivity index (χ4v) is 3.87. The van der Waals surface area contributed by atoms with E-state index in [1.807, 2.05) is 37.6 Å². The molecule has 144 valence electrons. The number of nitrogens with zero attached hydrogens (tertiary/aromatic N) is 4. The molecule has 0 radical (unpaired) electrons. The minimum Gasteiger partial charge on any atom is -0.258 e. The molecule has 0 unspecified atom stereocenters. The van der Waals surface area contributed by atoms with Crippen molar-refractivity contribution in [2.45, 2.75) is 24.8 Å². The maximum atomic E-state index is 10.9. The highest BCUT2D eigenvalue weighted by Crippen LogP contribution is 2.23. The minimum absolute atomic E-state index is 0.0648. The summed E-state index contributed by atoms with van der Waals surface area (Å²) in [5.74, 6) is 0. The second-order valence-corrected chi connectivity index (χ2v) is 7.98. The molecule has 0 atom stereocenters. The van der Waals surface area contributed by atoms with Gasteiger partial charge >= 0.3 is 0 Å². The van der Waals surface area contributed by atoms with Crippen molar-refractivity contribution < 1.29 is 4.92 Å². The predicted molar refractivity (Wildman–Crippen MR) is 116 cm³/mol. The molecule has 3 aromatic rings. The van der Waals surface area contributed by atoms with E-state index in [-0.39, 0.29) is 11.7 Å². The van der Waals surface area contributed by atoms with Gasteiger partial charge in [0.1, 0.15) is 0 Å². The van der Waals surface area contributed by atoms with Crippen LogP contribution in [0.3, 0.4) is 0 Å². The van der Waals surface area contributed by atoms with Crippen molar-refractivity contribution in [1.29, 1.82) is 0 Å². The average Bonchev–Trinajstić information content (AvgIpc) is 3.08. The molecule has 8 heteroatoms. The van der Waals surface area contributed by atoms with Crippen LogP contribution in [0.15, 0.2) is 68.9 Å². The molecule has 6 nitrogen and oxygen atoms in total. The van der Waals surface area contributed by atoms with Crippen LogP contribution in [0.5, 0.6) is 0 Å². The molecule has 0 saturated heterocycles. The van der Waals surface area contributed by atoms with Gasteiger partial charge in [0.15, 0.2) is 0 Å². The Kier molecular flexibility index (Phi) is 6.43. The maximum absolute atomic E-state index is 10.9. The Labute approximate surface area is 171 Å². The van der Waals surface area contributed by atoms with E-state index in [0.29, 0.717) is 0 Å². The fraction of sp³-hybridized carbons (Fsp3) is 0.200. The third-order valence-corrected chi connectivity index (χ3v) is 5.44. The number of thiazole rings is 1. The highest BCUT2D eigenvalue weighted by Gasteiger charge is 2.10. The number of aromatic nitrogens is 1. The molecular weight excluding hydrogens is 392 g/mol. The largest absolute Gasteiger partial charge is 0.269 e. The molecule has 0 amide bonds. The smallest absolute Gasteiger partial charge is 0.258 e. The summed E-state index contributed by atoms with van der Waals surface area (Å²) in [5, 5.41) is 17.5. The van der Waals surface area contributed by atoms with Gasteiger partial charge < -0.3 is 0 Å². The van der Waals surface area contributed by atoms with Gasteiger partial charge in [-0.25, -0.2) is 4.68 Å². The van der Waals surface area contributed by atoms with Crippen LogP contribution in [0.4, 0.5) is 5.69 Å². The van der Waals surface area contributed by atoms with E-state index in [9.17, 15) is 10.1 Å². The highest BCUT2D eigenvalue weighted by molar-refractivity contribution is 7.98. The number of nitro groups is 1. The van der Waals surface area contributed by atoms with Gasteiger partial charge in [-0.2, -0.15) is 5.10 Å². The fourth-order valence-electron chi connectivity index (χ4n) is 2.49. The molecule has 0 saturated carbocycles. The molecule has 28 heavy (non-hydrogen) atoms. The third kappa shape index (κ3) is 4.76. The Bertz CT molecular complexity index is 1050. The molecule has 0 aliphatic heterocycles. The summed E-state index contributed by atoms with van der Waals surface area (Å²) in [6.45, 7) is 4.03. The van der Waals surface area contributed by atoms with Crippen molar-refractivity contribution >= 4 is 35.0 Å². The Morgan fingerprint density at radius 2 is 1.82 bits per heavy atom. The van der Waals surface area contributed by atoms with Crippen LogP contribution in [0.25, 0.3) is 11.3 Å². The van der Waals surface area contributed by atoms with Gasteiger partial charge in [-0.1, -0.05) is 12.1 Å². The van der Waals surface area contributed by atoms with Crippen LogP contribution >= 0.6 is 23.1 Å². The Morgan fingerprint density at radius 3 is 2.39 bits per heavy atom. The SMILES string of the molecule is CSc1ccc(C=Nn2c(-c3ccc([N+](=O)[O-])cc3)csc2=NC(C)C)cc1. The monoisotopic (exact) mass is 412 g/mol. The normalized spacial score (nSPS) is 12.2. The molecule has 0 N–H and O–H groups in total. The summed E-state index contributed by atoms with van der Waals surface area (Å²) in [5.41, 5.74) is 2.75. The Balaban J connectivity index is 2.03. The van der Waals surface area contributed by atoms with E-state index in [4.69, 9.17) is 0 Å². The van der Waals surface area contributed by atoms with E-state index in [1.54, 1.807) is 34.8 Å². The van der Waals surface area contributed by atoms with Crippen molar-refractivity contribution in [3.8, 4) is 11.3 Å². The number of hydrogen-bond donors (Lipinski definition) is 0. The number of hydrogen-bond acceptors (Lipinski definition) is 6. The molecular formula is C20H20N4O2S2. The van der Waals surface area contributed by atoms with Crippen molar-refractivity contribution in [3.05, 3.63) is 74.4 Å². The maximum Gasteiger partial charge on any atom is 0.269 e. The number of nitro benzene ring substituents is 1. The lowest BCUT2D eigenvalue weighted by Crippen LogP contribution is -2.14. The van der Waals surface area contributed by atoms with Crippen LogP contribution in [-0.2, 0) is 0 Å². The van der Waals surface area contributed by atoms with Gasteiger partial charge in [0.25, 0.3) is 5.69 Å². The number of non-ortho nitro benzene ring substituents is 1. The van der Waals surface area contributed by atoms with Crippen LogP contribution in [0.2, 0.25) is 0 Å². The van der Waals surface area contributed by atoms with E-state index in [0.717, 1.165) is 21.6 Å². The number of benzene rings is 2. The zero-order valence-corrected chi connectivity index (χ0v) is 17.4. The van der Waals surface area contributed by atoms with Crippen molar-refractivity contribution in [2.24, 2.45) is 10.1 Å². The summed E-state index contributed by atoms with van der Waals surface area (Å²) >= 11 is 3.19. The van der Waals surface area contributed by atoms with E-state index in [2.05, 4.69) is 22.2 Å².